The van der Waals surface area contributed by atoms with Gasteiger partial charge in [0.25, 0.3) is 11.8 Å². The molecule has 2 aliphatic heterocycles. The van der Waals surface area contributed by atoms with Gasteiger partial charge < -0.3 is 28.4 Å². The number of benzene rings is 4. The van der Waals surface area contributed by atoms with Crippen molar-refractivity contribution in [1.82, 2.24) is 4.90 Å². The quantitative estimate of drug-likeness (QED) is 0.173. The molecule has 6 rings (SSSR count). The van der Waals surface area contributed by atoms with Crippen molar-refractivity contribution in [2.24, 2.45) is 0 Å². The first-order valence-electron chi connectivity index (χ1n) is 15.3. The third-order valence-electron chi connectivity index (χ3n) is 8.06. The van der Waals surface area contributed by atoms with Gasteiger partial charge in [-0.15, -0.1) is 0 Å². The normalized spacial score (nSPS) is 22.6. The van der Waals surface area contributed by atoms with E-state index in [9.17, 15) is 9.59 Å². The number of amides is 2. The molecule has 0 bridgehead atoms. The largest absolute Gasteiger partial charge is 0.368 e. The molecule has 9 heteroatoms. The summed E-state index contributed by atoms with van der Waals surface area (Å²) in [5.41, 5.74) is 3.69. The third kappa shape index (κ3) is 7.42. The van der Waals surface area contributed by atoms with Crippen LogP contribution in [0.5, 0.6) is 0 Å². The number of fused-ring (bicyclic) bond motifs is 1. The van der Waals surface area contributed by atoms with Gasteiger partial charge >= 0.3 is 0 Å². The summed E-state index contributed by atoms with van der Waals surface area (Å²) in [5, 5.41) is 0. The molecule has 4 aromatic rings. The minimum atomic E-state index is -0.811. The average Bonchev–Trinajstić information content (AvgIpc) is 3.35. The summed E-state index contributed by atoms with van der Waals surface area (Å²) in [5.74, 6) is -0.787. The fraction of sp³-hybridized carbons (Fsp3) is 0.297. The van der Waals surface area contributed by atoms with Crippen LogP contribution in [0.1, 0.15) is 37.4 Å². The lowest BCUT2D eigenvalue weighted by atomic mass is 9.98. The number of rotatable bonds is 14. The van der Waals surface area contributed by atoms with Crippen LogP contribution in [0.3, 0.4) is 0 Å². The molecule has 0 saturated carbocycles. The lowest BCUT2D eigenvalue weighted by molar-refractivity contribution is -0.323. The Morgan fingerprint density at radius 2 is 1.02 bits per heavy atom. The van der Waals surface area contributed by atoms with Crippen LogP contribution >= 0.6 is 0 Å². The predicted octanol–water partition coefficient (Wildman–Crippen LogP) is 5.38. The first kappa shape index (κ1) is 31.7. The Balaban J connectivity index is 1.23. The van der Waals surface area contributed by atoms with Crippen molar-refractivity contribution >= 4 is 11.8 Å². The lowest BCUT2D eigenvalue weighted by Crippen LogP contribution is -2.61. The summed E-state index contributed by atoms with van der Waals surface area (Å²) in [6.45, 7) is 0.674. The molecular weight excluding hydrogens is 586 g/mol. The average molecular weight is 624 g/mol. The topological polar surface area (TPSA) is 92.8 Å². The second kappa shape index (κ2) is 15.4. The molecule has 0 aromatic heterocycles. The van der Waals surface area contributed by atoms with Gasteiger partial charge in [0, 0.05) is 7.11 Å². The first-order chi connectivity index (χ1) is 22.6. The van der Waals surface area contributed by atoms with Gasteiger partial charge in [0.05, 0.1) is 37.6 Å². The van der Waals surface area contributed by atoms with Crippen LogP contribution in [0.15, 0.2) is 115 Å². The molecule has 0 spiro atoms. The number of hydrogen-bond acceptors (Lipinski definition) is 8. The molecule has 2 aliphatic rings. The molecule has 2 heterocycles. The van der Waals surface area contributed by atoms with Gasteiger partial charge in [0.1, 0.15) is 31.1 Å². The van der Waals surface area contributed by atoms with E-state index in [4.69, 9.17) is 28.4 Å². The summed E-state index contributed by atoms with van der Waals surface area (Å²) < 4.78 is 37.9. The zero-order valence-electron chi connectivity index (χ0n) is 25.6. The molecule has 9 nitrogen and oxygen atoms in total. The summed E-state index contributed by atoms with van der Waals surface area (Å²) in [4.78, 5) is 26.9. The molecule has 4 aromatic carbocycles. The molecule has 238 valence electrons. The molecule has 2 amide bonds. The van der Waals surface area contributed by atoms with E-state index in [2.05, 4.69) is 0 Å². The maximum atomic E-state index is 12.9. The Labute approximate surface area is 268 Å². The third-order valence-corrected chi connectivity index (χ3v) is 8.06. The number of nitrogens with zero attached hydrogens (tertiary/aromatic N) is 1. The maximum absolute atomic E-state index is 12.9. The van der Waals surface area contributed by atoms with Crippen molar-refractivity contribution in [1.29, 1.82) is 0 Å². The zero-order chi connectivity index (χ0) is 31.7. The van der Waals surface area contributed by atoms with Gasteiger partial charge in [-0.05, 0) is 28.8 Å². The number of carbonyl (C=O) groups is 2. The highest BCUT2D eigenvalue weighted by Crippen LogP contribution is 2.31. The molecule has 0 radical (unpaired) electrons. The molecule has 1 fully saturated rings. The summed E-state index contributed by atoms with van der Waals surface area (Å²) in [7, 11) is 1.56. The fourth-order valence-electron chi connectivity index (χ4n) is 5.69. The van der Waals surface area contributed by atoms with Crippen LogP contribution in [-0.4, -0.2) is 67.9 Å². The van der Waals surface area contributed by atoms with E-state index in [0.717, 1.165) is 21.6 Å². The molecule has 1 saturated heterocycles. The predicted molar refractivity (Wildman–Crippen MR) is 168 cm³/mol. The van der Waals surface area contributed by atoms with E-state index >= 15 is 0 Å². The molecule has 46 heavy (non-hydrogen) atoms. The van der Waals surface area contributed by atoms with E-state index in [0.29, 0.717) is 24.3 Å². The number of carbonyl (C=O) groups excluding carboxylic acids is 2. The van der Waals surface area contributed by atoms with Crippen molar-refractivity contribution in [2.75, 3.05) is 20.4 Å². The monoisotopic (exact) mass is 623 g/mol. The van der Waals surface area contributed by atoms with Gasteiger partial charge in [-0.3, -0.25) is 9.59 Å². The first-order valence-corrected chi connectivity index (χ1v) is 15.3. The smallest absolute Gasteiger partial charge is 0.263 e. The maximum Gasteiger partial charge on any atom is 0.263 e. The SMILES string of the molecule is CO[C@H]1O[C@H](COCN2C(=O)c3ccccc3C2=O)[C@@H](OCc2ccccc2)[C@H](OCc2ccccc2)[C@H]1OCc1ccccc1. The van der Waals surface area contributed by atoms with E-state index in [1.165, 1.54) is 0 Å². The highest BCUT2D eigenvalue weighted by molar-refractivity contribution is 6.21. The lowest BCUT2D eigenvalue weighted by Gasteiger charge is -2.45. The molecular formula is C37H37NO8. The van der Waals surface area contributed by atoms with Crippen LogP contribution in [0.4, 0.5) is 0 Å². The van der Waals surface area contributed by atoms with E-state index in [-0.39, 0.29) is 19.9 Å². The van der Waals surface area contributed by atoms with Gasteiger partial charge in [-0.25, -0.2) is 4.90 Å². The molecule has 0 N–H and O–H groups in total. The Morgan fingerprint density at radius 1 is 0.587 bits per heavy atom. The van der Waals surface area contributed by atoms with E-state index in [1.54, 1.807) is 31.4 Å². The van der Waals surface area contributed by atoms with Gasteiger partial charge in [-0.1, -0.05) is 103 Å². The van der Waals surface area contributed by atoms with Crippen LogP contribution in [0, 0.1) is 0 Å². The van der Waals surface area contributed by atoms with Crippen LogP contribution in [0.25, 0.3) is 0 Å². The molecule has 5 atom stereocenters. The van der Waals surface area contributed by atoms with Gasteiger partial charge in [0.2, 0.25) is 0 Å². The Bertz CT molecular complexity index is 1530. The summed E-state index contributed by atoms with van der Waals surface area (Å²) >= 11 is 0. The summed E-state index contributed by atoms with van der Waals surface area (Å²) in [6, 6.07) is 36.3. The Morgan fingerprint density at radius 3 is 1.50 bits per heavy atom. The van der Waals surface area contributed by atoms with Crippen molar-refractivity contribution in [3.05, 3.63) is 143 Å². The second-order valence-electron chi connectivity index (χ2n) is 11.1. The second-order valence-corrected chi connectivity index (χ2v) is 11.1. The van der Waals surface area contributed by atoms with E-state index < -0.39 is 42.5 Å². The van der Waals surface area contributed by atoms with Crippen LogP contribution < -0.4 is 0 Å². The van der Waals surface area contributed by atoms with Crippen molar-refractivity contribution in [3.8, 4) is 0 Å². The standard InChI is InChI=1S/C37H37NO8/c1-41-37-34(45-23-28-17-9-4-10-18-28)33(44-22-27-15-7-3-8-16-27)32(43-21-26-13-5-2-6-14-26)31(46-37)24-42-25-38-35(39)29-19-11-12-20-30(29)36(38)40/h2-20,31-34,37H,21-25H2,1H3/t31-,32-,33+,34-,37+/m1/s1. The summed E-state index contributed by atoms with van der Waals surface area (Å²) in [6.07, 6.45) is -3.42. The van der Waals surface area contributed by atoms with E-state index in [1.807, 2.05) is 91.0 Å². The van der Waals surface area contributed by atoms with Gasteiger partial charge in [0.15, 0.2) is 6.29 Å². The molecule has 0 aliphatic carbocycles. The number of hydrogen-bond donors (Lipinski definition) is 0. The minimum absolute atomic E-state index is 0.00330. The highest BCUT2D eigenvalue weighted by atomic mass is 16.7. The number of methoxy groups -OCH3 is 1. The highest BCUT2D eigenvalue weighted by Gasteiger charge is 2.49. The molecule has 0 unspecified atom stereocenters. The minimum Gasteiger partial charge on any atom is -0.368 e. The number of imide groups is 1. The van der Waals surface area contributed by atoms with Gasteiger partial charge in [-0.2, -0.15) is 0 Å². The Kier molecular flexibility index (Phi) is 10.6. The number of ether oxygens (including phenoxy) is 6. The Hall–Kier alpha value is -4.22. The zero-order valence-corrected chi connectivity index (χ0v) is 25.6. The van der Waals surface area contributed by atoms with Crippen molar-refractivity contribution in [3.63, 3.8) is 0 Å². The van der Waals surface area contributed by atoms with Crippen molar-refractivity contribution in [2.45, 2.75) is 50.5 Å². The van der Waals surface area contributed by atoms with Crippen molar-refractivity contribution < 1.29 is 38.0 Å². The van der Waals surface area contributed by atoms with Crippen LogP contribution in [0.2, 0.25) is 0 Å². The van der Waals surface area contributed by atoms with Crippen LogP contribution in [-0.2, 0) is 48.2 Å². The fourth-order valence-corrected chi connectivity index (χ4v) is 5.69.